The number of hydrogen-bond donors (Lipinski definition) is 2. The van der Waals surface area contributed by atoms with Gasteiger partial charge >= 0.3 is 5.97 Å². The molecule has 1 unspecified atom stereocenters. The third kappa shape index (κ3) is 3.46. The molecule has 0 radical (unpaired) electrons. The summed E-state index contributed by atoms with van der Waals surface area (Å²) in [5.74, 6) is -1.44. The molecule has 2 N–H and O–H groups in total. The topological polar surface area (TPSA) is 84.2 Å². The van der Waals surface area contributed by atoms with Gasteiger partial charge in [-0.25, -0.2) is 4.79 Å². The van der Waals surface area contributed by atoms with E-state index >= 15 is 0 Å². The average Bonchev–Trinajstić information content (AvgIpc) is 2.68. The van der Waals surface area contributed by atoms with Crippen molar-refractivity contribution >= 4 is 11.9 Å². The van der Waals surface area contributed by atoms with Crippen LogP contribution in [0.2, 0.25) is 0 Å². The highest BCUT2D eigenvalue weighted by molar-refractivity contribution is 5.98. The predicted molar refractivity (Wildman–Crippen MR) is 75.7 cm³/mol. The molecule has 20 heavy (non-hydrogen) atoms. The maximum atomic E-state index is 12.2. The van der Waals surface area contributed by atoms with Crippen LogP contribution in [0.3, 0.4) is 0 Å². The Kier molecular flexibility index (Phi) is 5.49. The fraction of sp³-hybridized carbons (Fsp3) is 0.500. The molecule has 0 saturated heterocycles. The summed E-state index contributed by atoms with van der Waals surface area (Å²) < 4.78 is 1.73. The van der Waals surface area contributed by atoms with Gasteiger partial charge in [-0.1, -0.05) is 12.2 Å². The maximum absolute atomic E-state index is 12.2. The minimum absolute atomic E-state index is 0.261. The summed E-state index contributed by atoms with van der Waals surface area (Å²) in [6, 6.07) is -0.928. The number of rotatable bonds is 6. The van der Waals surface area contributed by atoms with Crippen molar-refractivity contribution in [3.63, 3.8) is 0 Å². The van der Waals surface area contributed by atoms with Crippen molar-refractivity contribution in [1.82, 2.24) is 15.1 Å². The van der Waals surface area contributed by atoms with E-state index in [-0.39, 0.29) is 6.42 Å². The second-order valence-electron chi connectivity index (χ2n) is 4.53. The largest absolute Gasteiger partial charge is 0.480 e. The minimum Gasteiger partial charge on any atom is -0.480 e. The number of carbonyl (C=O) groups excluding carboxylic acids is 1. The lowest BCUT2D eigenvalue weighted by Crippen LogP contribution is -2.40. The molecule has 110 valence electrons. The summed E-state index contributed by atoms with van der Waals surface area (Å²) in [6.07, 6.45) is 3.74. The van der Waals surface area contributed by atoms with Gasteiger partial charge in [-0.3, -0.25) is 9.48 Å². The molecular formula is C14H21N3O3. The molecule has 6 nitrogen and oxygen atoms in total. The lowest BCUT2D eigenvalue weighted by Gasteiger charge is -2.12. The third-order valence-electron chi connectivity index (χ3n) is 3.12. The van der Waals surface area contributed by atoms with Gasteiger partial charge in [0.2, 0.25) is 0 Å². The Bertz CT molecular complexity index is 532. The number of aliphatic carboxylic acids is 1. The van der Waals surface area contributed by atoms with E-state index in [0.717, 1.165) is 5.69 Å². The zero-order valence-corrected chi connectivity index (χ0v) is 12.3. The molecule has 1 aromatic rings. The highest BCUT2D eigenvalue weighted by Gasteiger charge is 2.23. The van der Waals surface area contributed by atoms with E-state index < -0.39 is 17.9 Å². The predicted octanol–water partition coefficient (Wildman–Crippen LogP) is 1.67. The number of carboxylic acid groups (broad SMARTS) is 1. The molecule has 0 aliphatic rings. The molecule has 0 aliphatic heterocycles. The molecule has 0 bridgehead atoms. The summed E-state index contributed by atoms with van der Waals surface area (Å²) in [5.41, 5.74) is 1.81. The van der Waals surface area contributed by atoms with Crippen molar-refractivity contribution in [1.29, 1.82) is 0 Å². The number of carboxylic acids is 1. The third-order valence-corrected chi connectivity index (χ3v) is 3.12. The van der Waals surface area contributed by atoms with Gasteiger partial charge in [-0.15, -0.1) is 0 Å². The fourth-order valence-electron chi connectivity index (χ4n) is 2.06. The van der Waals surface area contributed by atoms with Crippen LogP contribution >= 0.6 is 0 Å². The van der Waals surface area contributed by atoms with Gasteiger partial charge in [-0.05, 0) is 34.1 Å². The summed E-state index contributed by atoms with van der Waals surface area (Å²) in [5, 5.41) is 15.9. The van der Waals surface area contributed by atoms with E-state index in [0.29, 0.717) is 17.8 Å². The van der Waals surface area contributed by atoms with Crippen LogP contribution in [-0.4, -0.2) is 32.8 Å². The van der Waals surface area contributed by atoms with E-state index in [2.05, 4.69) is 10.4 Å². The Balaban J connectivity index is 2.94. The number of nitrogens with zero attached hydrogens (tertiary/aromatic N) is 2. The second kappa shape index (κ2) is 6.88. The van der Waals surface area contributed by atoms with E-state index in [1.54, 1.807) is 37.6 Å². The highest BCUT2D eigenvalue weighted by atomic mass is 16.4. The van der Waals surface area contributed by atoms with Gasteiger partial charge in [0, 0.05) is 12.2 Å². The molecule has 1 aromatic heterocycles. The Morgan fingerprint density at radius 2 is 2.10 bits per heavy atom. The minimum atomic E-state index is -1.05. The molecule has 0 spiro atoms. The first-order chi connectivity index (χ1) is 9.42. The van der Waals surface area contributed by atoms with E-state index in [9.17, 15) is 9.59 Å². The van der Waals surface area contributed by atoms with Crippen LogP contribution < -0.4 is 5.32 Å². The number of hydrogen-bond acceptors (Lipinski definition) is 3. The first-order valence-corrected chi connectivity index (χ1v) is 6.61. The SMILES string of the molecule is C/C=C/CC(NC(=O)c1c(C)nn(CC)c1C)C(=O)O. The van der Waals surface area contributed by atoms with Gasteiger partial charge in [0.05, 0.1) is 11.3 Å². The van der Waals surface area contributed by atoms with E-state index in [1.807, 2.05) is 6.92 Å². The lowest BCUT2D eigenvalue weighted by atomic mass is 10.1. The number of amides is 1. The molecule has 1 rings (SSSR count). The summed E-state index contributed by atoms with van der Waals surface area (Å²) in [6.45, 7) is 7.96. The number of allylic oxidation sites excluding steroid dienone is 1. The van der Waals surface area contributed by atoms with Crippen molar-refractivity contribution < 1.29 is 14.7 Å². The molecule has 0 aliphatic carbocycles. The van der Waals surface area contributed by atoms with Gasteiger partial charge in [0.15, 0.2) is 0 Å². The van der Waals surface area contributed by atoms with Crippen LogP contribution in [0.1, 0.15) is 42.0 Å². The van der Waals surface area contributed by atoms with Crippen LogP contribution in [0.25, 0.3) is 0 Å². The van der Waals surface area contributed by atoms with Crippen molar-refractivity contribution in [2.24, 2.45) is 0 Å². The van der Waals surface area contributed by atoms with Crippen molar-refractivity contribution in [3.8, 4) is 0 Å². The van der Waals surface area contributed by atoms with E-state index in [1.165, 1.54) is 0 Å². The zero-order chi connectivity index (χ0) is 15.3. The number of nitrogens with one attached hydrogen (secondary N) is 1. The van der Waals surface area contributed by atoms with Crippen molar-refractivity contribution in [2.75, 3.05) is 0 Å². The molecular weight excluding hydrogens is 258 g/mol. The molecule has 1 amide bonds. The zero-order valence-electron chi connectivity index (χ0n) is 12.3. The standard InChI is InChI=1S/C14H21N3O3/c1-5-7-8-11(14(19)20)15-13(18)12-9(3)16-17(6-2)10(12)4/h5,7,11H,6,8H2,1-4H3,(H,15,18)(H,19,20)/b7-5+. The van der Waals surface area contributed by atoms with Crippen LogP contribution in [0, 0.1) is 13.8 Å². The summed E-state index contributed by atoms with van der Waals surface area (Å²) >= 11 is 0. The first kappa shape index (κ1) is 15.9. The number of aromatic nitrogens is 2. The quantitative estimate of drug-likeness (QED) is 0.776. The van der Waals surface area contributed by atoms with Crippen molar-refractivity contribution in [2.45, 2.75) is 46.7 Å². The summed E-state index contributed by atoms with van der Waals surface area (Å²) in [4.78, 5) is 23.4. The highest BCUT2D eigenvalue weighted by Crippen LogP contribution is 2.13. The van der Waals surface area contributed by atoms with Crippen LogP contribution in [-0.2, 0) is 11.3 Å². The first-order valence-electron chi connectivity index (χ1n) is 6.61. The lowest BCUT2D eigenvalue weighted by molar-refractivity contribution is -0.139. The molecule has 0 fully saturated rings. The van der Waals surface area contributed by atoms with Gasteiger partial charge in [-0.2, -0.15) is 5.10 Å². The number of carbonyl (C=O) groups is 2. The normalized spacial score (nSPS) is 12.6. The average molecular weight is 279 g/mol. The Morgan fingerprint density at radius 1 is 1.45 bits per heavy atom. The Hall–Kier alpha value is -2.11. The van der Waals surface area contributed by atoms with Crippen molar-refractivity contribution in [3.05, 3.63) is 29.1 Å². The van der Waals surface area contributed by atoms with Crippen LogP contribution in [0.5, 0.6) is 0 Å². The van der Waals surface area contributed by atoms with Gasteiger partial charge < -0.3 is 10.4 Å². The van der Waals surface area contributed by atoms with E-state index in [4.69, 9.17) is 5.11 Å². The second-order valence-corrected chi connectivity index (χ2v) is 4.53. The molecule has 1 heterocycles. The Labute approximate surface area is 118 Å². The molecule has 6 heteroatoms. The monoisotopic (exact) mass is 279 g/mol. The smallest absolute Gasteiger partial charge is 0.326 e. The number of aryl methyl sites for hydroxylation is 2. The van der Waals surface area contributed by atoms with Gasteiger partial charge in [0.1, 0.15) is 6.04 Å². The summed E-state index contributed by atoms with van der Waals surface area (Å²) in [7, 11) is 0. The fourth-order valence-corrected chi connectivity index (χ4v) is 2.06. The van der Waals surface area contributed by atoms with Crippen LogP contribution in [0.4, 0.5) is 0 Å². The van der Waals surface area contributed by atoms with Gasteiger partial charge in [0.25, 0.3) is 5.91 Å². The maximum Gasteiger partial charge on any atom is 0.326 e. The van der Waals surface area contributed by atoms with Crippen LogP contribution in [0.15, 0.2) is 12.2 Å². The molecule has 0 saturated carbocycles. The molecule has 1 atom stereocenters. The Morgan fingerprint density at radius 3 is 2.55 bits per heavy atom. The molecule has 0 aromatic carbocycles.